The summed E-state index contributed by atoms with van der Waals surface area (Å²) in [6, 6.07) is 10.2. The molecule has 3 aliphatic heterocycles. The second kappa shape index (κ2) is 7.22. The maximum atomic E-state index is 12.2. The van der Waals surface area contributed by atoms with Gasteiger partial charge in [-0.25, -0.2) is 4.79 Å². The molecule has 0 aliphatic carbocycles. The standard InChI is InChI=1S/C19H26N2O4/c22-18-21(11-13-24-17-4-2-1-3-5-17)15-19(25-18)7-9-20(10-8-19)16-6-12-23-14-16/h1-5,16H,6-15H2/t16-/m1/s1. The molecule has 1 aromatic carbocycles. The second-order valence-electron chi connectivity index (χ2n) is 7.19. The molecule has 136 valence electrons. The van der Waals surface area contributed by atoms with E-state index in [1.807, 2.05) is 30.3 Å². The highest BCUT2D eigenvalue weighted by molar-refractivity contribution is 5.70. The van der Waals surface area contributed by atoms with Crippen LogP contribution in [-0.4, -0.2) is 73.5 Å². The quantitative estimate of drug-likeness (QED) is 0.818. The van der Waals surface area contributed by atoms with Crippen LogP contribution in [0, 0.1) is 0 Å². The van der Waals surface area contributed by atoms with Gasteiger partial charge in [-0.15, -0.1) is 0 Å². The van der Waals surface area contributed by atoms with Crippen molar-refractivity contribution in [2.45, 2.75) is 30.9 Å². The van der Waals surface area contributed by atoms with E-state index in [-0.39, 0.29) is 11.7 Å². The monoisotopic (exact) mass is 346 g/mol. The van der Waals surface area contributed by atoms with Crippen molar-refractivity contribution in [2.75, 3.05) is 46.0 Å². The summed E-state index contributed by atoms with van der Waals surface area (Å²) >= 11 is 0. The van der Waals surface area contributed by atoms with Crippen LogP contribution in [0.4, 0.5) is 4.79 Å². The van der Waals surface area contributed by atoms with Crippen LogP contribution >= 0.6 is 0 Å². The van der Waals surface area contributed by atoms with E-state index in [2.05, 4.69) is 4.90 Å². The average molecular weight is 346 g/mol. The largest absolute Gasteiger partial charge is 0.492 e. The predicted octanol–water partition coefficient (Wildman–Crippen LogP) is 2.14. The Balaban J connectivity index is 1.25. The number of nitrogens with zero attached hydrogens (tertiary/aromatic N) is 2. The topological polar surface area (TPSA) is 51.2 Å². The minimum atomic E-state index is -0.306. The lowest BCUT2D eigenvalue weighted by atomic mass is 9.90. The van der Waals surface area contributed by atoms with Crippen molar-refractivity contribution >= 4 is 6.09 Å². The predicted molar refractivity (Wildman–Crippen MR) is 92.8 cm³/mol. The van der Waals surface area contributed by atoms with E-state index in [1.165, 1.54) is 0 Å². The summed E-state index contributed by atoms with van der Waals surface area (Å²) < 4.78 is 17.0. The van der Waals surface area contributed by atoms with Gasteiger partial charge in [-0.3, -0.25) is 4.90 Å². The molecule has 0 saturated carbocycles. The first-order valence-electron chi connectivity index (χ1n) is 9.22. The van der Waals surface area contributed by atoms with Crippen LogP contribution in [0.15, 0.2) is 30.3 Å². The average Bonchev–Trinajstić information content (AvgIpc) is 3.26. The number of hydrogen-bond acceptors (Lipinski definition) is 5. The molecule has 1 spiro atoms. The highest BCUT2D eigenvalue weighted by atomic mass is 16.6. The Labute approximate surface area is 148 Å². The number of piperidine rings is 1. The SMILES string of the molecule is O=C1OC2(CCN([C@@H]3CCOC3)CC2)CN1CCOc1ccccc1. The van der Waals surface area contributed by atoms with Crippen molar-refractivity contribution in [1.82, 2.24) is 9.80 Å². The number of ether oxygens (including phenoxy) is 3. The van der Waals surface area contributed by atoms with Gasteiger partial charge in [0.1, 0.15) is 18.0 Å². The Bertz CT molecular complexity index is 580. The van der Waals surface area contributed by atoms with Crippen LogP contribution < -0.4 is 4.74 Å². The fourth-order valence-corrected chi connectivity index (χ4v) is 4.02. The Morgan fingerprint density at radius 3 is 2.72 bits per heavy atom. The van der Waals surface area contributed by atoms with Crippen LogP contribution in [0.25, 0.3) is 0 Å². The van der Waals surface area contributed by atoms with E-state index < -0.39 is 0 Å². The van der Waals surface area contributed by atoms with Crippen molar-refractivity contribution in [3.05, 3.63) is 30.3 Å². The van der Waals surface area contributed by atoms with E-state index in [0.717, 1.165) is 51.3 Å². The molecule has 1 amide bonds. The lowest BCUT2D eigenvalue weighted by molar-refractivity contribution is -0.0111. The van der Waals surface area contributed by atoms with Crippen molar-refractivity contribution < 1.29 is 19.0 Å². The molecular formula is C19H26N2O4. The zero-order valence-corrected chi connectivity index (χ0v) is 14.6. The molecule has 0 radical (unpaired) electrons. The molecule has 0 unspecified atom stereocenters. The molecule has 0 bridgehead atoms. The number of rotatable bonds is 5. The second-order valence-corrected chi connectivity index (χ2v) is 7.19. The zero-order valence-electron chi connectivity index (χ0n) is 14.6. The van der Waals surface area contributed by atoms with E-state index >= 15 is 0 Å². The third kappa shape index (κ3) is 3.75. The summed E-state index contributed by atoms with van der Waals surface area (Å²) in [4.78, 5) is 16.5. The molecule has 4 rings (SSSR count). The van der Waals surface area contributed by atoms with Crippen LogP contribution in [-0.2, 0) is 9.47 Å². The van der Waals surface area contributed by atoms with Gasteiger partial charge < -0.3 is 19.1 Å². The third-order valence-corrected chi connectivity index (χ3v) is 5.55. The summed E-state index contributed by atoms with van der Waals surface area (Å²) in [6.07, 6.45) is 2.74. The molecule has 3 aliphatic rings. The van der Waals surface area contributed by atoms with Gasteiger partial charge in [0.2, 0.25) is 0 Å². The summed E-state index contributed by atoms with van der Waals surface area (Å²) in [7, 11) is 0. The number of likely N-dealkylation sites (tertiary alicyclic amines) is 1. The molecular weight excluding hydrogens is 320 g/mol. The van der Waals surface area contributed by atoms with Crippen LogP contribution in [0.3, 0.4) is 0 Å². The van der Waals surface area contributed by atoms with Gasteiger partial charge in [-0.1, -0.05) is 18.2 Å². The Kier molecular flexibility index (Phi) is 4.81. The molecule has 0 aromatic heterocycles. The van der Waals surface area contributed by atoms with Gasteiger partial charge >= 0.3 is 6.09 Å². The number of hydrogen-bond donors (Lipinski definition) is 0. The highest BCUT2D eigenvalue weighted by Gasteiger charge is 2.47. The normalized spacial score (nSPS) is 26.2. The van der Waals surface area contributed by atoms with Crippen molar-refractivity contribution in [3.8, 4) is 5.75 Å². The maximum Gasteiger partial charge on any atom is 0.410 e. The zero-order chi connectivity index (χ0) is 17.1. The molecule has 3 heterocycles. The minimum Gasteiger partial charge on any atom is -0.492 e. The minimum absolute atomic E-state index is 0.200. The first-order valence-corrected chi connectivity index (χ1v) is 9.22. The lowest BCUT2D eigenvalue weighted by Gasteiger charge is -2.39. The number of para-hydroxylation sites is 1. The Hall–Kier alpha value is -1.79. The van der Waals surface area contributed by atoms with Crippen LogP contribution in [0.5, 0.6) is 5.75 Å². The molecule has 0 N–H and O–H groups in total. The number of benzene rings is 1. The first-order chi connectivity index (χ1) is 12.2. The molecule has 6 nitrogen and oxygen atoms in total. The molecule has 3 fully saturated rings. The van der Waals surface area contributed by atoms with E-state index in [4.69, 9.17) is 14.2 Å². The van der Waals surface area contributed by atoms with E-state index in [1.54, 1.807) is 4.90 Å². The Morgan fingerprint density at radius 2 is 2.00 bits per heavy atom. The summed E-state index contributed by atoms with van der Waals surface area (Å²) in [6.45, 7) is 5.41. The third-order valence-electron chi connectivity index (χ3n) is 5.55. The molecule has 1 aromatic rings. The number of carbonyl (C=O) groups excluding carboxylic acids is 1. The van der Waals surface area contributed by atoms with E-state index in [0.29, 0.717) is 25.7 Å². The van der Waals surface area contributed by atoms with Crippen molar-refractivity contribution in [3.63, 3.8) is 0 Å². The fraction of sp³-hybridized carbons (Fsp3) is 0.632. The van der Waals surface area contributed by atoms with Crippen LogP contribution in [0.2, 0.25) is 0 Å². The van der Waals surface area contributed by atoms with Gasteiger partial charge in [0.15, 0.2) is 0 Å². The number of carbonyl (C=O) groups is 1. The molecule has 1 atom stereocenters. The molecule has 3 saturated heterocycles. The fourth-order valence-electron chi connectivity index (χ4n) is 4.02. The highest BCUT2D eigenvalue weighted by Crippen LogP contribution is 2.34. The van der Waals surface area contributed by atoms with Gasteiger partial charge in [0.25, 0.3) is 0 Å². The maximum absolute atomic E-state index is 12.2. The summed E-state index contributed by atoms with van der Waals surface area (Å²) in [5.74, 6) is 0.830. The lowest BCUT2D eigenvalue weighted by Crippen LogP contribution is -2.50. The van der Waals surface area contributed by atoms with Gasteiger partial charge in [-0.2, -0.15) is 0 Å². The van der Waals surface area contributed by atoms with E-state index in [9.17, 15) is 4.79 Å². The summed E-state index contributed by atoms with van der Waals surface area (Å²) in [5.41, 5.74) is -0.306. The number of amides is 1. The first kappa shape index (κ1) is 16.7. The van der Waals surface area contributed by atoms with Gasteiger partial charge in [0.05, 0.1) is 19.7 Å². The van der Waals surface area contributed by atoms with Crippen molar-refractivity contribution in [1.29, 1.82) is 0 Å². The smallest absolute Gasteiger partial charge is 0.410 e. The van der Waals surface area contributed by atoms with Gasteiger partial charge in [-0.05, 0) is 18.6 Å². The molecule has 6 heteroatoms. The van der Waals surface area contributed by atoms with Crippen LogP contribution in [0.1, 0.15) is 19.3 Å². The summed E-state index contributed by atoms with van der Waals surface area (Å²) in [5, 5.41) is 0. The molecule has 25 heavy (non-hydrogen) atoms. The van der Waals surface area contributed by atoms with Crippen molar-refractivity contribution in [2.24, 2.45) is 0 Å². The van der Waals surface area contributed by atoms with Gasteiger partial charge in [0, 0.05) is 38.6 Å². The Morgan fingerprint density at radius 1 is 1.20 bits per heavy atom.